The maximum absolute atomic E-state index is 12.2. The smallest absolute Gasteiger partial charge is 0.324 e. The van der Waals surface area contributed by atoms with Crippen LogP contribution in [-0.4, -0.2) is 38.9 Å². The number of nitrogens with one attached hydrogen (secondary N) is 2. The van der Waals surface area contributed by atoms with E-state index in [2.05, 4.69) is 10.0 Å². The molecule has 10 heteroatoms. The van der Waals surface area contributed by atoms with Gasteiger partial charge in [0.25, 0.3) is 5.91 Å². The number of halogens is 1. The molecule has 2 aromatic rings. The average molecular weight is 439 g/mol. The molecule has 0 saturated carbocycles. The molecule has 2 rings (SSSR count). The van der Waals surface area contributed by atoms with E-state index in [4.69, 9.17) is 16.3 Å². The molecule has 0 fully saturated rings. The largest absolute Gasteiger partial charge is 0.454 e. The van der Waals surface area contributed by atoms with Crippen LogP contribution in [0.2, 0.25) is 5.02 Å². The Morgan fingerprint density at radius 2 is 1.62 bits per heavy atom. The Kier molecular flexibility index (Phi) is 7.89. The second-order valence-electron chi connectivity index (χ2n) is 6.04. The van der Waals surface area contributed by atoms with Crippen molar-refractivity contribution in [1.82, 2.24) is 10.0 Å². The van der Waals surface area contributed by atoms with Gasteiger partial charge in [0.15, 0.2) is 6.61 Å². The molecule has 0 saturated heterocycles. The quantitative estimate of drug-likeness (QED) is 0.602. The number of hydrogen-bond donors (Lipinski definition) is 2. The van der Waals surface area contributed by atoms with Crippen LogP contribution in [0, 0.1) is 0 Å². The van der Waals surface area contributed by atoms with Crippen LogP contribution in [0.4, 0.5) is 0 Å². The normalized spacial score (nSPS) is 12.1. The lowest BCUT2D eigenvalue weighted by molar-refractivity contribution is -0.150. The summed E-state index contributed by atoms with van der Waals surface area (Å²) in [6.45, 7) is 0.556. The highest BCUT2D eigenvalue weighted by Gasteiger charge is 2.24. The number of hydrogen-bond acceptors (Lipinski definition) is 6. The van der Waals surface area contributed by atoms with Crippen molar-refractivity contribution < 1.29 is 27.5 Å². The van der Waals surface area contributed by atoms with Crippen LogP contribution in [0.25, 0.3) is 0 Å². The number of carbonyl (C=O) groups is 3. The van der Waals surface area contributed by atoms with Gasteiger partial charge in [-0.15, -0.1) is 0 Å². The zero-order chi connectivity index (χ0) is 21.4. The molecule has 29 heavy (non-hydrogen) atoms. The van der Waals surface area contributed by atoms with Crippen molar-refractivity contribution in [1.29, 1.82) is 0 Å². The van der Waals surface area contributed by atoms with Gasteiger partial charge in [0.05, 0.1) is 11.3 Å². The zero-order valence-electron chi connectivity index (χ0n) is 15.4. The zero-order valence-corrected chi connectivity index (χ0v) is 17.0. The summed E-state index contributed by atoms with van der Waals surface area (Å²) in [6, 6.07) is 12.9. The van der Waals surface area contributed by atoms with Gasteiger partial charge < -0.3 is 4.74 Å². The van der Waals surface area contributed by atoms with Gasteiger partial charge in [0.1, 0.15) is 6.04 Å². The lowest BCUT2D eigenvalue weighted by atomic mass is 10.1. The number of ether oxygens (including phenoxy) is 1. The molecule has 0 unspecified atom stereocenters. The molecule has 0 aliphatic carbocycles. The van der Waals surface area contributed by atoms with Crippen LogP contribution in [0.5, 0.6) is 0 Å². The topological polar surface area (TPSA) is 119 Å². The predicted molar refractivity (Wildman–Crippen MR) is 105 cm³/mol. The molecule has 0 radical (unpaired) electrons. The first-order valence-electron chi connectivity index (χ1n) is 8.48. The van der Waals surface area contributed by atoms with E-state index in [0.717, 1.165) is 5.56 Å². The second-order valence-corrected chi connectivity index (χ2v) is 8.19. The molecule has 2 N–H and O–H groups in total. The average Bonchev–Trinajstić information content (AvgIpc) is 2.66. The van der Waals surface area contributed by atoms with E-state index in [1.54, 1.807) is 30.3 Å². The number of carbonyl (C=O) groups excluding carboxylic acids is 3. The van der Waals surface area contributed by atoms with E-state index in [1.165, 1.54) is 31.2 Å². The van der Waals surface area contributed by atoms with Crippen LogP contribution >= 0.6 is 11.6 Å². The SMILES string of the molecule is C[C@H](NS(=O)(=O)c1ccc(Cl)cc1)C(=O)OCC(=O)NC(=O)Cc1ccccc1. The lowest BCUT2D eigenvalue weighted by Crippen LogP contribution is -2.41. The van der Waals surface area contributed by atoms with Crippen molar-refractivity contribution in [2.45, 2.75) is 24.3 Å². The third kappa shape index (κ3) is 7.30. The Hall–Kier alpha value is -2.75. The fraction of sp³-hybridized carbons (Fsp3) is 0.211. The van der Waals surface area contributed by atoms with E-state index in [1.807, 2.05) is 0 Å². The van der Waals surface area contributed by atoms with Crippen LogP contribution in [0.1, 0.15) is 12.5 Å². The summed E-state index contributed by atoms with van der Waals surface area (Å²) in [5.41, 5.74) is 0.722. The number of rotatable bonds is 8. The maximum Gasteiger partial charge on any atom is 0.324 e. The summed E-state index contributed by atoms with van der Waals surface area (Å²) in [6.07, 6.45) is -0.00216. The van der Waals surface area contributed by atoms with Crippen molar-refractivity contribution in [2.75, 3.05) is 6.61 Å². The molecule has 0 bridgehead atoms. The summed E-state index contributed by atoms with van der Waals surface area (Å²) in [5, 5.41) is 2.46. The van der Waals surface area contributed by atoms with E-state index in [0.29, 0.717) is 5.02 Å². The minimum atomic E-state index is -3.98. The number of sulfonamides is 1. The molecule has 2 aromatic carbocycles. The highest BCUT2D eigenvalue weighted by atomic mass is 35.5. The van der Waals surface area contributed by atoms with Crippen molar-refractivity contribution in [3.8, 4) is 0 Å². The Balaban J connectivity index is 1.80. The van der Waals surface area contributed by atoms with Gasteiger partial charge in [0.2, 0.25) is 15.9 Å². The molecular weight excluding hydrogens is 420 g/mol. The molecule has 1 atom stereocenters. The first kappa shape index (κ1) is 22.5. The van der Waals surface area contributed by atoms with E-state index < -0.39 is 40.5 Å². The van der Waals surface area contributed by atoms with Gasteiger partial charge >= 0.3 is 5.97 Å². The van der Waals surface area contributed by atoms with Crippen LogP contribution in [-0.2, 0) is 35.6 Å². The van der Waals surface area contributed by atoms with Crippen molar-refractivity contribution >= 4 is 39.4 Å². The fourth-order valence-corrected chi connectivity index (χ4v) is 3.56. The minimum Gasteiger partial charge on any atom is -0.454 e. The van der Waals surface area contributed by atoms with Gasteiger partial charge in [-0.25, -0.2) is 8.42 Å². The summed E-state index contributed by atoms with van der Waals surface area (Å²) >= 11 is 5.72. The monoisotopic (exact) mass is 438 g/mol. The van der Waals surface area contributed by atoms with E-state index in [-0.39, 0.29) is 11.3 Å². The first-order chi connectivity index (χ1) is 13.7. The van der Waals surface area contributed by atoms with E-state index in [9.17, 15) is 22.8 Å². The van der Waals surface area contributed by atoms with Crippen LogP contribution < -0.4 is 10.0 Å². The number of imide groups is 1. The molecule has 2 amide bonds. The highest BCUT2D eigenvalue weighted by Crippen LogP contribution is 2.14. The molecule has 8 nitrogen and oxygen atoms in total. The standard InChI is InChI=1S/C19H19ClN2O6S/c1-13(22-29(26,27)16-9-7-15(20)8-10-16)19(25)28-12-18(24)21-17(23)11-14-5-3-2-4-6-14/h2-10,13,22H,11-12H2,1H3,(H,21,23,24)/t13-/m0/s1. The highest BCUT2D eigenvalue weighted by molar-refractivity contribution is 7.89. The summed E-state index contributed by atoms with van der Waals surface area (Å²) in [7, 11) is -3.98. The summed E-state index contributed by atoms with van der Waals surface area (Å²) in [5.74, 6) is -2.33. The fourth-order valence-electron chi connectivity index (χ4n) is 2.24. The Labute approximate surface area is 173 Å². The number of amides is 2. The molecule has 0 aliphatic rings. The Morgan fingerprint density at radius 3 is 2.24 bits per heavy atom. The lowest BCUT2D eigenvalue weighted by Gasteiger charge is -2.13. The predicted octanol–water partition coefficient (Wildman–Crippen LogP) is 1.44. The molecule has 0 aliphatic heterocycles. The second kappa shape index (κ2) is 10.1. The maximum atomic E-state index is 12.2. The molecule has 0 aromatic heterocycles. The third-order valence-electron chi connectivity index (χ3n) is 3.64. The van der Waals surface area contributed by atoms with Crippen molar-refractivity contribution in [3.63, 3.8) is 0 Å². The third-order valence-corrected chi connectivity index (χ3v) is 5.45. The summed E-state index contributed by atoms with van der Waals surface area (Å²) in [4.78, 5) is 35.4. The van der Waals surface area contributed by atoms with Gasteiger partial charge in [0, 0.05) is 5.02 Å². The van der Waals surface area contributed by atoms with Crippen LogP contribution in [0.15, 0.2) is 59.5 Å². The van der Waals surface area contributed by atoms with Crippen LogP contribution in [0.3, 0.4) is 0 Å². The molecule has 0 heterocycles. The van der Waals surface area contributed by atoms with Gasteiger partial charge in [-0.2, -0.15) is 4.72 Å². The van der Waals surface area contributed by atoms with Crippen molar-refractivity contribution in [3.05, 3.63) is 65.2 Å². The summed E-state index contributed by atoms with van der Waals surface area (Å²) < 4.78 is 31.4. The molecule has 154 valence electrons. The van der Waals surface area contributed by atoms with Gasteiger partial charge in [-0.3, -0.25) is 19.7 Å². The molecule has 0 spiro atoms. The minimum absolute atomic E-state index is 0.00216. The van der Waals surface area contributed by atoms with Gasteiger partial charge in [-0.05, 0) is 36.8 Å². The van der Waals surface area contributed by atoms with E-state index >= 15 is 0 Å². The van der Waals surface area contributed by atoms with Crippen molar-refractivity contribution in [2.24, 2.45) is 0 Å². The number of benzene rings is 2. The first-order valence-corrected chi connectivity index (χ1v) is 10.3. The van der Waals surface area contributed by atoms with Gasteiger partial charge in [-0.1, -0.05) is 41.9 Å². The Bertz CT molecular complexity index is 978. The Morgan fingerprint density at radius 1 is 1.00 bits per heavy atom. The number of esters is 1. The molecular formula is C19H19ClN2O6S.